The molecular weight excluding hydrogens is 297 g/mol. The molecule has 3 rings (SSSR count). The van der Waals surface area contributed by atoms with Gasteiger partial charge in [-0.1, -0.05) is 11.2 Å². The first-order valence-corrected chi connectivity index (χ1v) is 7.27. The standard InChI is InChI=1S/C16H18FN5O/c1-10-14-15(19-9-20-16(14)23-21-10)18-7-11-4-5-13(17)12(6-11)8-22(2)3/h4-6,9H,7-8H2,1-3H3,(H,18,19,20). The first kappa shape index (κ1) is 15.4. The third-order valence-electron chi connectivity index (χ3n) is 3.50. The molecule has 0 radical (unpaired) electrons. The van der Waals surface area contributed by atoms with Gasteiger partial charge in [0.2, 0.25) is 0 Å². The van der Waals surface area contributed by atoms with E-state index in [1.165, 1.54) is 12.4 Å². The highest BCUT2D eigenvalue weighted by Crippen LogP contribution is 2.23. The Morgan fingerprint density at radius 1 is 1.26 bits per heavy atom. The second kappa shape index (κ2) is 6.29. The molecule has 0 bridgehead atoms. The molecule has 2 heterocycles. The van der Waals surface area contributed by atoms with E-state index in [2.05, 4.69) is 20.4 Å². The maximum absolute atomic E-state index is 13.8. The van der Waals surface area contributed by atoms with Crippen molar-refractivity contribution < 1.29 is 8.91 Å². The Morgan fingerprint density at radius 3 is 2.87 bits per heavy atom. The average molecular weight is 315 g/mol. The van der Waals surface area contributed by atoms with Crippen molar-refractivity contribution in [3.8, 4) is 0 Å². The van der Waals surface area contributed by atoms with Gasteiger partial charge in [0.1, 0.15) is 23.3 Å². The maximum atomic E-state index is 13.8. The van der Waals surface area contributed by atoms with Crippen LogP contribution in [-0.4, -0.2) is 34.1 Å². The van der Waals surface area contributed by atoms with Gasteiger partial charge in [-0.25, -0.2) is 9.37 Å². The normalized spacial score (nSPS) is 11.3. The number of nitrogens with zero attached hydrogens (tertiary/aromatic N) is 4. The molecule has 0 aliphatic rings. The number of fused-ring (bicyclic) bond motifs is 1. The predicted octanol–water partition coefficient (Wildman–Crippen LogP) is 2.74. The van der Waals surface area contributed by atoms with Crippen molar-refractivity contribution in [1.82, 2.24) is 20.0 Å². The molecule has 0 amide bonds. The number of benzene rings is 1. The molecule has 7 heteroatoms. The van der Waals surface area contributed by atoms with Gasteiger partial charge < -0.3 is 14.7 Å². The SMILES string of the molecule is Cc1noc2ncnc(NCc3ccc(F)c(CN(C)C)c3)c12. The summed E-state index contributed by atoms with van der Waals surface area (Å²) in [5.74, 6) is 0.467. The van der Waals surface area contributed by atoms with Gasteiger partial charge in [0.05, 0.1) is 5.69 Å². The zero-order valence-electron chi connectivity index (χ0n) is 13.3. The zero-order valence-corrected chi connectivity index (χ0v) is 13.3. The zero-order chi connectivity index (χ0) is 16.4. The van der Waals surface area contributed by atoms with E-state index in [-0.39, 0.29) is 5.82 Å². The van der Waals surface area contributed by atoms with Crippen molar-refractivity contribution in [3.63, 3.8) is 0 Å². The monoisotopic (exact) mass is 315 g/mol. The van der Waals surface area contributed by atoms with Crippen LogP contribution in [-0.2, 0) is 13.1 Å². The van der Waals surface area contributed by atoms with E-state index < -0.39 is 0 Å². The van der Waals surface area contributed by atoms with E-state index in [0.717, 1.165) is 16.6 Å². The van der Waals surface area contributed by atoms with Gasteiger partial charge in [-0.15, -0.1) is 0 Å². The van der Waals surface area contributed by atoms with Crippen LogP contribution in [0.15, 0.2) is 29.0 Å². The van der Waals surface area contributed by atoms with Gasteiger partial charge >= 0.3 is 0 Å². The predicted molar refractivity (Wildman–Crippen MR) is 85.5 cm³/mol. The van der Waals surface area contributed by atoms with E-state index in [0.29, 0.717) is 30.2 Å². The largest absolute Gasteiger partial charge is 0.365 e. The summed E-state index contributed by atoms with van der Waals surface area (Å²) in [6, 6.07) is 5.12. The summed E-state index contributed by atoms with van der Waals surface area (Å²) < 4.78 is 18.9. The summed E-state index contributed by atoms with van der Waals surface area (Å²) in [6.07, 6.45) is 1.43. The summed E-state index contributed by atoms with van der Waals surface area (Å²) >= 11 is 0. The van der Waals surface area contributed by atoms with Gasteiger partial charge in [-0.3, -0.25) is 0 Å². The Hall–Kier alpha value is -2.54. The van der Waals surface area contributed by atoms with E-state index in [1.807, 2.05) is 32.0 Å². The van der Waals surface area contributed by atoms with Crippen LogP contribution in [0, 0.1) is 12.7 Å². The average Bonchev–Trinajstić information content (AvgIpc) is 2.90. The van der Waals surface area contributed by atoms with Gasteiger partial charge in [-0.2, -0.15) is 4.98 Å². The number of anilines is 1. The highest BCUT2D eigenvalue weighted by molar-refractivity contribution is 5.87. The number of nitrogens with one attached hydrogen (secondary N) is 1. The first-order chi connectivity index (χ1) is 11.0. The summed E-state index contributed by atoms with van der Waals surface area (Å²) in [4.78, 5) is 10.2. The van der Waals surface area contributed by atoms with Crippen LogP contribution in [0.2, 0.25) is 0 Å². The molecule has 0 saturated heterocycles. The van der Waals surface area contributed by atoms with Crippen LogP contribution in [0.5, 0.6) is 0 Å². The molecule has 120 valence electrons. The number of hydrogen-bond acceptors (Lipinski definition) is 6. The summed E-state index contributed by atoms with van der Waals surface area (Å²) in [7, 11) is 3.83. The van der Waals surface area contributed by atoms with E-state index in [9.17, 15) is 4.39 Å². The van der Waals surface area contributed by atoms with E-state index >= 15 is 0 Å². The number of aromatic nitrogens is 3. The van der Waals surface area contributed by atoms with Crippen LogP contribution >= 0.6 is 0 Å². The van der Waals surface area contributed by atoms with Crippen LogP contribution in [0.3, 0.4) is 0 Å². The van der Waals surface area contributed by atoms with Gasteiger partial charge in [0.25, 0.3) is 5.71 Å². The Kier molecular flexibility index (Phi) is 4.20. The van der Waals surface area contributed by atoms with Gasteiger partial charge in [0.15, 0.2) is 0 Å². The molecule has 0 spiro atoms. The molecule has 0 aliphatic heterocycles. The minimum atomic E-state index is -0.193. The van der Waals surface area contributed by atoms with Crippen molar-refractivity contribution in [2.75, 3.05) is 19.4 Å². The molecule has 2 aromatic heterocycles. The van der Waals surface area contributed by atoms with Crippen LogP contribution in [0.4, 0.5) is 10.2 Å². The fourth-order valence-electron chi connectivity index (χ4n) is 2.44. The van der Waals surface area contributed by atoms with Crippen LogP contribution in [0.25, 0.3) is 11.1 Å². The quantitative estimate of drug-likeness (QED) is 0.781. The van der Waals surface area contributed by atoms with Crippen molar-refractivity contribution in [1.29, 1.82) is 0 Å². The second-order valence-electron chi connectivity index (χ2n) is 5.69. The minimum absolute atomic E-state index is 0.193. The molecule has 0 atom stereocenters. The van der Waals surface area contributed by atoms with Crippen molar-refractivity contribution in [3.05, 3.63) is 47.2 Å². The highest BCUT2D eigenvalue weighted by atomic mass is 19.1. The summed E-state index contributed by atoms with van der Waals surface area (Å²) in [5.41, 5.74) is 2.83. The lowest BCUT2D eigenvalue weighted by Crippen LogP contribution is -2.12. The summed E-state index contributed by atoms with van der Waals surface area (Å²) in [6.45, 7) is 2.92. The third kappa shape index (κ3) is 3.29. The molecular formula is C16H18FN5O. The topological polar surface area (TPSA) is 67.1 Å². The third-order valence-corrected chi connectivity index (χ3v) is 3.50. The molecule has 0 saturated carbocycles. The molecule has 1 aromatic carbocycles. The molecule has 6 nitrogen and oxygen atoms in total. The lowest BCUT2D eigenvalue weighted by atomic mass is 10.1. The molecule has 23 heavy (non-hydrogen) atoms. The Bertz CT molecular complexity index is 830. The van der Waals surface area contributed by atoms with Gasteiger partial charge in [-0.05, 0) is 38.7 Å². The van der Waals surface area contributed by atoms with Crippen LogP contribution in [0.1, 0.15) is 16.8 Å². The second-order valence-corrected chi connectivity index (χ2v) is 5.69. The van der Waals surface area contributed by atoms with E-state index in [4.69, 9.17) is 4.52 Å². The number of halogens is 1. The molecule has 0 aliphatic carbocycles. The molecule has 0 fully saturated rings. The Morgan fingerprint density at radius 2 is 2.09 bits per heavy atom. The molecule has 3 aromatic rings. The number of rotatable bonds is 5. The smallest absolute Gasteiger partial charge is 0.263 e. The minimum Gasteiger partial charge on any atom is -0.365 e. The van der Waals surface area contributed by atoms with Crippen molar-refractivity contribution in [2.45, 2.75) is 20.0 Å². The summed E-state index contributed by atoms with van der Waals surface area (Å²) in [5, 5.41) is 7.91. The maximum Gasteiger partial charge on any atom is 0.263 e. The highest BCUT2D eigenvalue weighted by Gasteiger charge is 2.12. The lowest BCUT2D eigenvalue weighted by Gasteiger charge is -2.12. The molecule has 1 N–H and O–H groups in total. The van der Waals surface area contributed by atoms with E-state index in [1.54, 1.807) is 6.07 Å². The number of hydrogen-bond donors (Lipinski definition) is 1. The fraction of sp³-hybridized carbons (Fsp3) is 0.312. The van der Waals surface area contributed by atoms with Crippen LogP contribution < -0.4 is 5.32 Å². The van der Waals surface area contributed by atoms with Crippen molar-refractivity contribution >= 4 is 16.9 Å². The fourth-order valence-corrected chi connectivity index (χ4v) is 2.44. The Labute approximate surface area is 133 Å². The Balaban J connectivity index is 1.81. The van der Waals surface area contributed by atoms with Crippen molar-refractivity contribution in [2.24, 2.45) is 0 Å². The van der Waals surface area contributed by atoms with Gasteiger partial charge in [0, 0.05) is 18.7 Å². The first-order valence-electron chi connectivity index (χ1n) is 7.27. The molecule has 0 unspecified atom stereocenters. The number of aryl methyl sites for hydroxylation is 1. The lowest BCUT2D eigenvalue weighted by molar-refractivity contribution is 0.392.